The summed E-state index contributed by atoms with van der Waals surface area (Å²) in [6.45, 7) is 0.926. The molecule has 2 aliphatic carbocycles. The van der Waals surface area contributed by atoms with Crippen LogP contribution in [0.3, 0.4) is 0 Å². The molecule has 9 heteroatoms. The van der Waals surface area contributed by atoms with E-state index in [1.165, 1.54) is 0 Å². The second-order valence-electron chi connectivity index (χ2n) is 5.42. The highest BCUT2D eigenvalue weighted by Gasteiger charge is 2.63. The topological polar surface area (TPSA) is 91.3 Å². The molecule has 0 aromatic heterocycles. The van der Waals surface area contributed by atoms with Gasteiger partial charge in [0.1, 0.15) is 12.2 Å². The molecule has 1 aliphatic heterocycles. The van der Waals surface area contributed by atoms with Gasteiger partial charge in [0.25, 0.3) is 5.00 Å². The fraction of sp³-hybridized carbons (Fsp3) is 0.818. The number of halogens is 1. The summed E-state index contributed by atoms with van der Waals surface area (Å²) in [5.41, 5.74) is 0. The molecule has 0 spiro atoms. The van der Waals surface area contributed by atoms with Crippen molar-refractivity contribution < 1.29 is 38.1 Å². The Morgan fingerprint density at radius 2 is 2.30 bits per heavy atom. The number of carbonyl (C=O) groups is 2. The Bertz CT molecular complexity index is 442. The first-order valence-electron chi connectivity index (χ1n) is 6.20. The second-order valence-corrected chi connectivity index (χ2v) is 6.49. The van der Waals surface area contributed by atoms with E-state index in [0.29, 0.717) is 6.42 Å². The summed E-state index contributed by atoms with van der Waals surface area (Å²) in [6.07, 6.45) is 0.294. The molecule has 6 unspecified atom stereocenters. The van der Waals surface area contributed by atoms with Crippen LogP contribution in [0.5, 0.6) is 0 Å². The lowest BCUT2D eigenvalue weighted by Crippen LogP contribution is -2.40. The van der Waals surface area contributed by atoms with Gasteiger partial charge in [-0.1, -0.05) is 5.04 Å². The lowest BCUT2D eigenvalue weighted by Gasteiger charge is -2.27. The molecule has 0 aromatic rings. The molecule has 3 fully saturated rings. The van der Waals surface area contributed by atoms with E-state index in [1.807, 2.05) is 0 Å². The predicted octanol–water partition coefficient (Wildman–Crippen LogP) is 1.23. The molecule has 1 saturated heterocycles. The van der Waals surface area contributed by atoms with Crippen LogP contribution in [0.25, 0.3) is 0 Å². The first-order valence-corrected chi connectivity index (χ1v) is 6.94. The lowest BCUT2D eigenvalue weighted by atomic mass is 9.88. The van der Waals surface area contributed by atoms with Crippen molar-refractivity contribution in [1.29, 1.82) is 0 Å². The minimum atomic E-state index is -2.54. The number of alkyl halides is 1. The molecule has 2 saturated carbocycles. The molecule has 0 amide bonds. The van der Waals surface area contributed by atoms with E-state index in [9.17, 15) is 14.0 Å². The van der Waals surface area contributed by atoms with Gasteiger partial charge in [0.05, 0.1) is 18.0 Å². The standard InChI is InChI=1S/C11H13FO7S/c1-11(12,20-19-18-15)10(14)17-7-4-2-5-6(3-4)9(13)16-8(5)7/h4-8,15H,2-3H2,1H3. The zero-order chi connectivity index (χ0) is 14.5. The van der Waals surface area contributed by atoms with Gasteiger partial charge in [-0.15, -0.1) is 4.33 Å². The average Bonchev–Trinajstić information content (AvgIpc) is 3.00. The molecule has 0 aromatic carbocycles. The molecule has 1 N–H and O–H groups in total. The summed E-state index contributed by atoms with van der Waals surface area (Å²) in [6, 6.07) is 0. The van der Waals surface area contributed by atoms with E-state index in [2.05, 4.69) is 9.37 Å². The van der Waals surface area contributed by atoms with Gasteiger partial charge in [-0.2, -0.15) is 0 Å². The van der Waals surface area contributed by atoms with Crippen LogP contribution in [-0.4, -0.2) is 34.4 Å². The summed E-state index contributed by atoms with van der Waals surface area (Å²) >= 11 is -0.0112. The molecule has 0 radical (unpaired) electrons. The Morgan fingerprint density at radius 1 is 1.55 bits per heavy atom. The van der Waals surface area contributed by atoms with Gasteiger partial charge in [0.15, 0.2) is 0 Å². The van der Waals surface area contributed by atoms with Gasteiger partial charge in [0.2, 0.25) is 0 Å². The first kappa shape index (κ1) is 14.1. The van der Waals surface area contributed by atoms with Crippen LogP contribution < -0.4 is 0 Å². The van der Waals surface area contributed by atoms with Crippen molar-refractivity contribution in [2.24, 2.45) is 17.8 Å². The number of carbonyl (C=O) groups excluding carboxylic acids is 2. The average molecular weight is 308 g/mol. The molecule has 20 heavy (non-hydrogen) atoms. The Hall–Kier alpha value is -0.900. The number of ether oxygens (including phenoxy) is 2. The van der Waals surface area contributed by atoms with Crippen LogP contribution in [0, 0.1) is 17.8 Å². The summed E-state index contributed by atoms with van der Waals surface area (Å²) in [4.78, 5) is 23.3. The molecule has 3 rings (SSSR count). The van der Waals surface area contributed by atoms with E-state index >= 15 is 0 Å². The van der Waals surface area contributed by atoms with Crippen molar-refractivity contribution in [3.8, 4) is 0 Å². The van der Waals surface area contributed by atoms with Gasteiger partial charge in [-0.05, 0) is 19.8 Å². The summed E-state index contributed by atoms with van der Waals surface area (Å²) in [5.74, 6) is -1.41. The molecule has 1 heterocycles. The van der Waals surface area contributed by atoms with Crippen molar-refractivity contribution in [2.75, 3.05) is 0 Å². The molecule has 3 aliphatic rings. The Morgan fingerprint density at radius 3 is 3.00 bits per heavy atom. The van der Waals surface area contributed by atoms with E-state index in [0.717, 1.165) is 13.3 Å². The summed E-state index contributed by atoms with van der Waals surface area (Å²) in [5, 5.41) is 8.70. The number of hydrogen-bond acceptors (Lipinski definition) is 8. The van der Waals surface area contributed by atoms with Crippen LogP contribution in [0.2, 0.25) is 0 Å². The van der Waals surface area contributed by atoms with E-state index in [4.69, 9.17) is 14.7 Å². The van der Waals surface area contributed by atoms with Gasteiger partial charge in [-0.3, -0.25) is 4.79 Å². The SMILES string of the molecule is CC(F)(SOOO)C(=O)OC1C2CC3C(=O)OC1C3C2. The maximum absolute atomic E-state index is 13.9. The van der Waals surface area contributed by atoms with Gasteiger partial charge >= 0.3 is 11.9 Å². The minimum Gasteiger partial charge on any atom is -0.458 e. The highest BCUT2D eigenvalue weighted by Crippen LogP contribution is 2.55. The maximum Gasteiger partial charge on any atom is 0.357 e. The largest absolute Gasteiger partial charge is 0.458 e. The number of rotatable bonds is 5. The first-order chi connectivity index (χ1) is 9.44. The highest BCUT2D eigenvalue weighted by molar-refractivity contribution is 7.96. The van der Waals surface area contributed by atoms with Crippen molar-refractivity contribution in [1.82, 2.24) is 0 Å². The minimum absolute atomic E-state index is 0.0112. The van der Waals surface area contributed by atoms with Gasteiger partial charge in [0, 0.05) is 11.8 Å². The van der Waals surface area contributed by atoms with Crippen LogP contribution >= 0.6 is 12.0 Å². The van der Waals surface area contributed by atoms with Crippen molar-refractivity contribution in [2.45, 2.75) is 37.0 Å². The normalized spacial score (nSPS) is 40.5. The van der Waals surface area contributed by atoms with Gasteiger partial charge in [-0.25, -0.2) is 14.4 Å². The maximum atomic E-state index is 13.9. The van der Waals surface area contributed by atoms with E-state index < -0.39 is 23.2 Å². The zero-order valence-electron chi connectivity index (χ0n) is 10.5. The fourth-order valence-corrected chi connectivity index (χ4v) is 3.68. The van der Waals surface area contributed by atoms with Crippen molar-refractivity contribution in [3.63, 3.8) is 0 Å². The molecule has 2 bridgehead atoms. The molecule has 7 nitrogen and oxygen atoms in total. The smallest absolute Gasteiger partial charge is 0.357 e. The number of esters is 2. The summed E-state index contributed by atoms with van der Waals surface area (Å²) in [7, 11) is 0. The van der Waals surface area contributed by atoms with Crippen LogP contribution in [0.1, 0.15) is 19.8 Å². The monoisotopic (exact) mass is 308 g/mol. The van der Waals surface area contributed by atoms with Crippen molar-refractivity contribution >= 4 is 24.0 Å². The van der Waals surface area contributed by atoms with Gasteiger partial charge < -0.3 is 9.47 Å². The third kappa shape index (κ3) is 2.09. The second kappa shape index (κ2) is 4.83. The van der Waals surface area contributed by atoms with Crippen molar-refractivity contribution in [3.05, 3.63) is 0 Å². The predicted molar refractivity (Wildman–Crippen MR) is 61.4 cm³/mol. The fourth-order valence-electron chi connectivity index (χ4n) is 3.41. The van der Waals surface area contributed by atoms with Crippen LogP contribution in [-0.2, 0) is 28.4 Å². The Balaban J connectivity index is 1.64. The van der Waals surface area contributed by atoms with E-state index in [1.54, 1.807) is 0 Å². The van der Waals surface area contributed by atoms with E-state index in [-0.39, 0.29) is 35.8 Å². The van der Waals surface area contributed by atoms with Crippen LogP contribution in [0.15, 0.2) is 0 Å². The molecular formula is C11H13FO7S. The molecule has 112 valence electrons. The Labute approximate surface area is 117 Å². The lowest BCUT2D eigenvalue weighted by molar-refractivity contribution is -0.432. The third-order valence-electron chi connectivity index (χ3n) is 4.24. The highest BCUT2D eigenvalue weighted by atomic mass is 32.2. The number of hydrogen-bond donors (Lipinski definition) is 1. The quantitative estimate of drug-likeness (QED) is 0.351. The number of fused-ring (bicyclic) bond motifs is 1. The summed E-state index contributed by atoms with van der Waals surface area (Å²) < 4.78 is 28.2. The third-order valence-corrected chi connectivity index (χ3v) is 4.85. The molecular weight excluding hydrogens is 295 g/mol. The zero-order valence-corrected chi connectivity index (χ0v) is 11.3. The Kier molecular flexibility index (Phi) is 3.39. The molecule has 6 atom stereocenters. The van der Waals surface area contributed by atoms with Crippen LogP contribution in [0.4, 0.5) is 4.39 Å².